The molecule has 2 N–H and O–H groups in total. The zero-order valence-electron chi connectivity index (χ0n) is 10.8. The number of rotatable bonds is 4. The van der Waals surface area contributed by atoms with E-state index < -0.39 is 11.9 Å². The molecule has 0 radical (unpaired) electrons. The van der Waals surface area contributed by atoms with Crippen molar-refractivity contribution in [2.75, 3.05) is 6.54 Å². The Morgan fingerprint density at radius 2 is 1.94 bits per heavy atom. The minimum absolute atomic E-state index is 0.0642. The van der Waals surface area contributed by atoms with Crippen LogP contribution >= 0.6 is 0 Å². The normalized spacial score (nSPS) is 24.4. The molecule has 1 saturated carbocycles. The molecule has 1 aliphatic heterocycles. The third-order valence-electron chi connectivity index (χ3n) is 4.06. The van der Waals surface area contributed by atoms with Crippen LogP contribution in [0.1, 0.15) is 44.9 Å². The van der Waals surface area contributed by atoms with Gasteiger partial charge in [0.05, 0.1) is 0 Å². The molecule has 1 fully saturated rings. The fourth-order valence-electron chi connectivity index (χ4n) is 2.97. The van der Waals surface area contributed by atoms with Crippen LogP contribution in [-0.4, -0.2) is 29.3 Å². The Kier molecular flexibility index (Phi) is 4.39. The van der Waals surface area contributed by atoms with Crippen molar-refractivity contribution < 1.29 is 9.59 Å². The molecule has 2 aliphatic rings. The van der Waals surface area contributed by atoms with Gasteiger partial charge in [-0.3, -0.25) is 9.59 Å². The number of hydrogen-bond acceptors (Lipinski definition) is 2. The van der Waals surface area contributed by atoms with E-state index in [-0.39, 0.29) is 5.91 Å². The Labute approximate surface area is 108 Å². The lowest BCUT2D eigenvalue weighted by molar-refractivity contribution is -0.136. The Morgan fingerprint density at radius 3 is 2.61 bits per heavy atom. The maximum Gasteiger partial charge on any atom is 0.244 e. The first kappa shape index (κ1) is 13.1. The quantitative estimate of drug-likeness (QED) is 0.770. The van der Waals surface area contributed by atoms with Crippen LogP contribution in [0, 0.1) is 5.92 Å². The maximum absolute atomic E-state index is 12.1. The molecule has 0 saturated heterocycles. The van der Waals surface area contributed by atoms with Gasteiger partial charge in [-0.1, -0.05) is 44.3 Å². The number of carbonyl (C=O) groups excluding carboxylic acids is 2. The highest BCUT2D eigenvalue weighted by Gasteiger charge is 2.28. The fraction of sp³-hybridized carbons (Fsp3) is 0.714. The van der Waals surface area contributed by atoms with E-state index in [1.165, 1.54) is 32.1 Å². The average Bonchev–Trinajstić information content (AvgIpc) is 2.86. The van der Waals surface area contributed by atoms with Crippen LogP contribution in [0.5, 0.6) is 0 Å². The highest BCUT2D eigenvalue weighted by Crippen LogP contribution is 2.27. The largest absolute Gasteiger partial charge is 0.368 e. The van der Waals surface area contributed by atoms with E-state index in [4.69, 9.17) is 5.73 Å². The molecule has 1 aliphatic carbocycles. The van der Waals surface area contributed by atoms with Crippen molar-refractivity contribution in [2.45, 2.75) is 51.0 Å². The molecular weight excluding hydrogens is 228 g/mol. The van der Waals surface area contributed by atoms with E-state index in [0.29, 0.717) is 18.9 Å². The number of carbonyl (C=O) groups is 2. The molecule has 18 heavy (non-hydrogen) atoms. The van der Waals surface area contributed by atoms with Gasteiger partial charge >= 0.3 is 0 Å². The third kappa shape index (κ3) is 3.12. The van der Waals surface area contributed by atoms with Crippen LogP contribution in [-0.2, 0) is 9.59 Å². The van der Waals surface area contributed by atoms with E-state index in [9.17, 15) is 9.59 Å². The minimum Gasteiger partial charge on any atom is -0.368 e. The molecule has 0 aromatic rings. The summed E-state index contributed by atoms with van der Waals surface area (Å²) in [5.74, 6) is 0.328. The number of amides is 2. The van der Waals surface area contributed by atoms with Gasteiger partial charge in [-0.2, -0.15) is 0 Å². The summed E-state index contributed by atoms with van der Waals surface area (Å²) in [6, 6.07) is -0.524. The Balaban J connectivity index is 1.79. The lowest BCUT2D eigenvalue weighted by Gasteiger charge is -2.25. The molecular formula is C14H22N2O2. The summed E-state index contributed by atoms with van der Waals surface area (Å²) < 4.78 is 0. The van der Waals surface area contributed by atoms with Crippen LogP contribution in [0.25, 0.3) is 0 Å². The second-order valence-electron chi connectivity index (χ2n) is 5.36. The first-order valence-electron chi connectivity index (χ1n) is 6.94. The molecule has 2 amide bonds. The van der Waals surface area contributed by atoms with Gasteiger partial charge in [-0.25, -0.2) is 0 Å². The predicted octanol–water partition coefficient (Wildman–Crippen LogP) is 1.60. The van der Waals surface area contributed by atoms with Gasteiger partial charge in [0.25, 0.3) is 0 Å². The van der Waals surface area contributed by atoms with Crippen molar-refractivity contribution in [2.24, 2.45) is 11.7 Å². The van der Waals surface area contributed by atoms with Crippen molar-refractivity contribution in [3.8, 4) is 0 Å². The van der Waals surface area contributed by atoms with Gasteiger partial charge < -0.3 is 10.6 Å². The standard InChI is InChI=1S/C14H22N2O2/c15-14(18)12-7-4-10-16(12)13(17)9-8-11-5-2-1-3-6-11/h4,7,11-12H,1-3,5-6,8-10H2,(H2,15,18). The van der Waals surface area contributed by atoms with Crippen molar-refractivity contribution >= 4 is 11.8 Å². The van der Waals surface area contributed by atoms with Crippen LogP contribution in [0.15, 0.2) is 12.2 Å². The van der Waals surface area contributed by atoms with Crippen LogP contribution in [0.4, 0.5) is 0 Å². The first-order chi connectivity index (χ1) is 8.68. The smallest absolute Gasteiger partial charge is 0.244 e. The first-order valence-corrected chi connectivity index (χ1v) is 6.94. The Morgan fingerprint density at radius 1 is 1.22 bits per heavy atom. The topological polar surface area (TPSA) is 63.4 Å². The maximum atomic E-state index is 12.1. The molecule has 2 rings (SSSR count). The van der Waals surface area contributed by atoms with Crippen LogP contribution in [0.3, 0.4) is 0 Å². The molecule has 0 spiro atoms. The lowest BCUT2D eigenvalue weighted by Crippen LogP contribution is -2.44. The summed E-state index contributed by atoms with van der Waals surface area (Å²) in [4.78, 5) is 24.9. The van der Waals surface area contributed by atoms with Gasteiger partial charge in [-0.05, 0) is 12.3 Å². The second kappa shape index (κ2) is 6.03. The minimum atomic E-state index is -0.524. The van der Waals surface area contributed by atoms with Crippen molar-refractivity contribution in [3.63, 3.8) is 0 Å². The molecule has 0 bridgehead atoms. The number of nitrogens with two attached hydrogens (primary N) is 1. The monoisotopic (exact) mass is 250 g/mol. The van der Waals surface area contributed by atoms with Crippen LogP contribution in [0.2, 0.25) is 0 Å². The molecule has 0 aromatic heterocycles. The number of primary amides is 1. The summed E-state index contributed by atoms with van der Waals surface area (Å²) in [7, 11) is 0. The molecule has 1 unspecified atom stereocenters. The molecule has 0 aromatic carbocycles. The fourth-order valence-corrected chi connectivity index (χ4v) is 2.97. The SMILES string of the molecule is NC(=O)C1C=CCN1C(=O)CCC1CCCCC1. The summed E-state index contributed by atoms with van der Waals surface area (Å²) in [6.45, 7) is 0.525. The highest BCUT2D eigenvalue weighted by atomic mass is 16.2. The van der Waals surface area contributed by atoms with Gasteiger partial charge in [-0.15, -0.1) is 0 Å². The Bertz CT molecular complexity index is 346. The second-order valence-corrected chi connectivity index (χ2v) is 5.36. The van der Waals surface area contributed by atoms with Gasteiger partial charge in [0.2, 0.25) is 11.8 Å². The number of hydrogen-bond donors (Lipinski definition) is 1. The molecule has 4 heteroatoms. The molecule has 100 valence electrons. The van der Waals surface area contributed by atoms with Crippen molar-refractivity contribution in [1.29, 1.82) is 0 Å². The van der Waals surface area contributed by atoms with Gasteiger partial charge in [0.15, 0.2) is 0 Å². The lowest BCUT2D eigenvalue weighted by atomic mass is 9.86. The summed E-state index contributed by atoms with van der Waals surface area (Å²) >= 11 is 0. The molecule has 1 atom stereocenters. The van der Waals surface area contributed by atoms with E-state index in [0.717, 1.165) is 6.42 Å². The predicted molar refractivity (Wildman–Crippen MR) is 69.6 cm³/mol. The Hall–Kier alpha value is -1.32. The summed E-state index contributed by atoms with van der Waals surface area (Å²) in [5.41, 5.74) is 5.28. The van der Waals surface area contributed by atoms with Gasteiger partial charge in [0.1, 0.15) is 6.04 Å². The molecule has 1 heterocycles. The molecule has 4 nitrogen and oxygen atoms in total. The highest BCUT2D eigenvalue weighted by molar-refractivity contribution is 5.89. The third-order valence-corrected chi connectivity index (χ3v) is 4.06. The zero-order valence-corrected chi connectivity index (χ0v) is 10.8. The van der Waals surface area contributed by atoms with Crippen LogP contribution < -0.4 is 5.73 Å². The van der Waals surface area contributed by atoms with E-state index in [1.807, 2.05) is 6.08 Å². The van der Waals surface area contributed by atoms with E-state index in [1.54, 1.807) is 11.0 Å². The van der Waals surface area contributed by atoms with E-state index in [2.05, 4.69) is 0 Å². The summed E-state index contributed by atoms with van der Waals surface area (Å²) in [5, 5.41) is 0. The van der Waals surface area contributed by atoms with Crippen molar-refractivity contribution in [1.82, 2.24) is 4.90 Å². The summed E-state index contributed by atoms with van der Waals surface area (Å²) in [6.07, 6.45) is 11.5. The number of nitrogens with zero attached hydrogens (tertiary/aromatic N) is 1. The zero-order chi connectivity index (χ0) is 13.0. The van der Waals surface area contributed by atoms with E-state index >= 15 is 0 Å². The van der Waals surface area contributed by atoms with Crippen molar-refractivity contribution in [3.05, 3.63) is 12.2 Å². The van der Waals surface area contributed by atoms with Gasteiger partial charge in [0, 0.05) is 13.0 Å². The average molecular weight is 250 g/mol.